The van der Waals surface area contributed by atoms with E-state index in [0.29, 0.717) is 24.5 Å². The summed E-state index contributed by atoms with van der Waals surface area (Å²) in [7, 11) is -2.89. The number of hydrogen-bond donors (Lipinski definition) is 2. The van der Waals surface area contributed by atoms with Crippen LogP contribution in [0.4, 0.5) is 0 Å². The van der Waals surface area contributed by atoms with Gasteiger partial charge in [0.1, 0.15) is 9.84 Å². The van der Waals surface area contributed by atoms with Crippen LogP contribution in [0.25, 0.3) is 0 Å². The van der Waals surface area contributed by atoms with Gasteiger partial charge < -0.3 is 11.1 Å². The van der Waals surface area contributed by atoms with Crippen LogP contribution in [0.2, 0.25) is 0 Å². The van der Waals surface area contributed by atoms with E-state index in [1.165, 1.54) is 18.0 Å². The molecule has 1 atom stereocenters. The summed E-state index contributed by atoms with van der Waals surface area (Å²) in [4.78, 5) is 11.3. The molecule has 0 fully saturated rings. The van der Waals surface area contributed by atoms with Crippen molar-refractivity contribution in [2.75, 3.05) is 30.1 Å². The van der Waals surface area contributed by atoms with Crippen LogP contribution in [0.5, 0.6) is 0 Å². The predicted molar refractivity (Wildman–Crippen MR) is 72.9 cm³/mol. The van der Waals surface area contributed by atoms with Gasteiger partial charge in [0.15, 0.2) is 0 Å². The predicted octanol–water partition coefficient (Wildman–Crippen LogP) is 0.00780. The summed E-state index contributed by atoms with van der Waals surface area (Å²) in [6, 6.07) is 0. The van der Waals surface area contributed by atoms with E-state index in [0.717, 1.165) is 0 Å². The molecule has 0 aromatic rings. The van der Waals surface area contributed by atoms with Crippen LogP contribution in [0.3, 0.4) is 0 Å². The summed E-state index contributed by atoms with van der Waals surface area (Å²) in [5.41, 5.74) is 4.63. The van der Waals surface area contributed by atoms with Gasteiger partial charge in [-0.3, -0.25) is 4.79 Å². The molecule has 3 N–H and O–H groups in total. The first-order valence-corrected chi connectivity index (χ1v) is 8.73. The highest BCUT2D eigenvalue weighted by atomic mass is 32.2. The minimum atomic E-state index is -2.89. The van der Waals surface area contributed by atoms with Gasteiger partial charge >= 0.3 is 0 Å². The van der Waals surface area contributed by atoms with Gasteiger partial charge in [-0.1, -0.05) is 6.92 Å². The zero-order chi connectivity index (χ0) is 13.5. The minimum absolute atomic E-state index is 0.173. The summed E-state index contributed by atoms with van der Waals surface area (Å²) in [5, 5.41) is 3.06. The second kappa shape index (κ2) is 7.23. The van der Waals surface area contributed by atoms with E-state index >= 15 is 0 Å². The van der Waals surface area contributed by atoms with Crippen molar-refractivity contribution < 1.29 is 13.2 Å². The lowest BCUT2D eigenvalue weighted by Crippen LogP contribution is -2.53. The van der Waals surface area contributed by atoms with Crippen LogP contribution in [0.15, 0.2) is 0 Å². The number of sulfone groups is 1. The summed E-state index contributed by atoms with van der Waals surface area (Å²) in [6.07, 6.45) is 1.82. The van der Waals surface area contributed by atoms with Gasteiger partial charge in [-0.25, -0.2) is 8.42 Å². The Kier molecular flexibility index (Phi) is 7.11. The number of primary amides is 1. The topological polar surface area (TPSA) is 89.3 Å². The minimum Gasteiger partial charge on any atom is -0.368 e. The largest absolute Gasteiger partial charge is 0.368 e. The Hall–Kier alpha value is -0.270. The molecule has 5 nitrogen and oxygen atoms in total. The smallest absolute Gasteiger partial charge is 0.237 e. The molecule has 0 aromatic carbocycles. The van der Waals surface area contributed by atoms with Crippen molar-refractivity contribution in [3.05, 3.63) is 0 Å². The number of amides is 1. The maximum absolute atomic E-state index is 11.3. The molecule has 17 heavy (non-hydrogen) atoms. The van der Waals surface area contributed by atoms with Gasteiger partial charge in [0.25, 0.3) is 0 Å². The van der Waals surface area contributed by atoms with Crippen molar-refractivity contribution in [2.24, 2.45) is 5.73 Å². The lowest BCUT2D eigenvalue weighted by Gasteiger charge is -2.26. The first-order valence-electron chi connectivity index (χ1n) is 5.51. The number of carbonyl (C=O) groups excluding carboxylic acids is 1. The highest BCUT2D eigenvalue weighted by Crippen LogP contribution is 2.14. The Morgan fingerprint density at radius 2 is 2.00 bits per heavy atom. The second-order valence-corrected chi connectivity index (χ2v) is 7.70. The van der Waals surface area contributed by atoms with Gasteiger partial charge in [0.05, 0.1) is 11.3 Å². The molecule has 0 rings (SSSR count). The van der Waals surface area contributed by atoms with Crippen molar-refractivity contribution in [3.8, 4) is 0 Å². The molecule has 0 saturated heterocycles. The molecule has 1 unspecified atom stereocenters. The highest BCUT2D eigenvalue weighted by molar-refractivity contribution is 8.00. The maximum Gasteiger partial charge on any atom is 0.237 e. The first-order chi connectivity index (χ1) is 7.71. The average Bonchev–Trinajstić information content (AvgIpc) is 2.15. The Morgan fingerprint density at radius 3 is 2.41 bits per heavy atom. The second-order valence-electron chi connectivity index (χ2n) is 4.22. The van der Waals surface area contributed by atoms with Gasteiger partial charge in [0.2, 0.25) is 5.91 Å². The Balaban J connectivity index is 3.96. The number of rotatable bonds is 9. The monoisotopic (exact) mass is 282 g/mol. The van der Waals surface area contributed by atoms with Crippen LogP contribution >= 0.6 is 11.8 Å². The Labute approximate surface area is 108 Å². The quantitative estimate of drug-likeness (QED) is 0.581. The number of hydrogen-bond acceptors (Lipinski definition) is 5. The maximum atomic E-state index is 11.3. The lowest BCUT2D eigenvalue weighted by molar-refractivity contribution is -0.123. The highest BCUT2D eigenvalue weighted by Gasteiger charge is 2.29. The van der Waals surface area contributed by atoms with E-state index in [4.69, 9.17) is 5.73 Å². The SMILES string of the molecule is CCNC(C)(CCSCCS(C)(=O)=O)C(N)=O. The van der Waals surface area contributed by atoms with Crippen LogP contribution < -0.4 is 11.1 Å². The van der Waals surface area contributed by atoms with Crippen molar-refractivity contribution in [2.45, 2.75) is 25.8 Å². The number of likely N-dealkylation sites (N-methyl/N-ethyl adjacent to an activating group) is 1. The molecule has 0 radical (unpaired) electrons. The molecular formula is C10H22N2O3S2. The average molecular weight is 282 g/mol. The van der Waals surface area contributed by atoms with Crippen molar-refractivity contribution in [3.63, 3.8) is 0 Å². The summed E-state index contributed by atoms with van der Waals surface area (Å²) >= 11 is 1.52. The molecule has 0 saturated carbocycles. The summed E-state index contributed by atoms with van der Waals surface area (Å²) < 4.78 is 21.8. The van der Waals surface area contributed by atoms with E-state index in [1.54, 1.807) is 6.92 Å². The molecule has 1 amide bonds. The number of nitrogens with two attached hydrogens (primary N) is 1. The van der Waals surface area contributed by atoms with E-state index in [1.807, 2.05) is 6.92 Å². The molecule has 0 aromatic heterocycles. The van der Waals surface area contributed by atoms with E-state index < -0.39 is 15.4 Å². The molecule has 0 aliphatic carbocycles. The van der Waals surface area contributed by atoms with Crippen LogP contribution in [0, 0.1) is 0 Å². The molecule has 0 heterocycles. The number of nitrogens with one attached hydrogen (secondary N) is 1. The third-order valence-corrected chi connectivity index (χ3v) is 4.65. The first kappa shape index (κ1) is 16.7. The molecular weight excluding hydrogens is 260 g/mol. The fourth-order valence-electron chi connectivity index (χ4n) is 1.28. The third kappa shape index (κ3) is 7.62. The number of thioether (sulfide) groups is 1. The van der Waals surface area contributed by atoms with Gasteiger partial charge in [0, 0.05) is 12.0 Å². The fraction of sp³-hybridized carbons (Fsp3) is 0.900. The Morgan fingerprint density at radius 1 is 1.41 bits per heavy atom. The summed E-state index contributed by atoms with van der Waals surface area (Å²) in [5.74, 6) is 1.07. The fourth-order valence-corrected chi connectivity index (χ4v) is 3.72. The standard InChI is InChI=1S/C10H22N2O3S2/c1-4-12-10(2,9(11)13)5-6-16-7-8-17(3,14)15/h12H,4-8H2,1-3H3,(H2,11,13). The molecule has 0 aliphatic heterocycles. The lowest BCUT2D eigenvalue weighted by atomic mass is 9.98. The van der Waals surface area contributed by atoms with Gasteiger partial charge in [-0.15, -0.1) is 0 Å². The molecule has 0 aliphatic rings. The molecule has 7 heteroatoms. The zero-order valence-electron chi connectivity index (χ0n) is 10.7. The van der Waals surface area contributed by atoms with Crippen LogP contribution in [-0.4, -0.2) is 49.9 Å². The van der Waals surface area contributed by atoms with Crippen molar-refractivity contribution in [1.82, 2.24) is 5.32 Å². The normalized spacial score (nSPS) is 15.5. The molecule has 102 valence electrons. The summed E-state index contributed by atoms with van der Waals surface area (Å²) in [6.45, 7) is 4.36. The van der Waals surface area contributed by atoms with E-state index in [-0.39, 0.29) is 11.7 Å². The van der Waals surface area contributed by atoms with E-state index in [2.05, 4.69) is 5.32 Å². The Bertz CT molecular complexity index is 343. The number of carbonyl (C=O) groups is 1. The zero-order valence-corrected chi connectivity index (χ0v) is 12.3. The van der Waals surface area contributed by atoms with Crippen molar-refractivity contribution >= 4 is 27.5 Å². The van der Waals surface area contributed by atoms with E-state index in [9.17, 15) is 13.2 Å². The molecule has 0 bridgehead atoms. The van der Waals surface area contributed by atoms with Crippen molar-refractivity contribution in [1.29, 1.82) is 0 Å². The van der Waals surface area contributed by atoms with Crippen LogP contribution in [0.1, 0.15) is 20.3 Å². The third-order valence-electron chi connectivity index (χ3n) is 2.46. The van der Waals surface area contributed by atoms with Gasteiger partial charge in [-0.05, 0) is 25.6 Å². The molecule has 0 spiro atoms. The van der Waals surface area contributed by atoms with Crippen LogP contribution in [-0.2, 0) is 14.6 Å². The van der Waals surface area contributed by atoms with Gasteiger partial charge in [-0.2, -0.15) is 11.8 Å².